The van der Waals surface area contributed by atoms with Crippen molar-refractivity contribution in [1.82, 2.24) is 4.57 Å². The number of nitrogens with one attached hydrogen (secondary N) is 1. The molecule has 0 aliphatic carbocycles. The monoisotopic (exact) mass is 368 g/mol. The molecule has 0 bridgehead atoms. The second-order valence-electron chi connectivity index (χ2n) is 4.84. The van der Waals surface area contributed by atoms with Crippen LogP contribution in [0, 0.1) is 15.9 Å². The van der Waals surface area contributed by atoms with Crippen LogP contribution in [0.4, 0.5) is 15.8 Å². The molecule has 0 fully saturated rings. The lowest BCUT2D eigenvalue weighted by molar-refractivity contribution is -0.385. The number of amides is 2. The van der Waals surface area contributed by atoms with Gasteiger partial charge >= 0.3 is 0 Å². The van der Waals surface area contributed by atoms with Crippen molar-refractivity contribution in [3.8, 4) is 0 Å². The van der Waals surface area contributed by atoms with Crippen LogP contribution in [0.15, 0.2) is 35.3 Å². The Morgan fingerprint density at radius 3 is 2.64 bits per heavy atom. The zero-order valence-electron chi connectivity index (χ0n) is 12.4. The van der Waals surface area contributed by atoms with Gasteiger partial charge in [0.05, 0.1) is 16.8 Å². The molecule has 2 aromatic rings. The van der Waals surface area contributed by atoms with Crippen LogP contribution in [-0.2, 0) is 11.3 Å². The predicted octanol–water partition coefficient (Wildman–Crippen LogP) is 1.29. The third-order valence-corrected chi connectivity index (χ3v) is 3.30. The van der Waals surface area contributed by atoms with E-state index in [0.717, 1.165) is 24.4 Å². The van der Waals surface area contributed by atoms with Crippen LogP contribution in [0.25, 0.3) is 0 Å². The quantitative estimate of drug-likeness (QED) is 0.605. The van der Waals surface area contributed by atoms with Crippen LogP contribution in [0.3, 0.4) is 0 Å². The summed E-state index contributed by atoms with van der Waals surface area (Å²) in [7, 11) is 0. The molecule has 1 aromatic heterocycles. The Kier molecular flexibility index (Phi) is 5.13. The third-order valence-electron chi connectivity index (χ3n) is 3.06. The highest BCUT2D eigenvalue weighted by Crippen LogP contribution is 2.19. The van der Waals surface area contributed by atoms with Crippen LogP contribution >= 0.6 is 11.6 Å². The number of carbonyl (C=O) groups is 2. The number of hydrogen-bond donors (Lipinski definition) is 2. The van der Waals surface area contributed by atoms with Crippen molar-refractivity contribution in [2.24, 2.45) is 5.73 Å². The lowest BCUT2D eigenvalue weighted by Gasteiger charge is -2.09. The molecular weight excluding hydrogens is 359 g/mol. The summed E-state index contributed by atoms with van der Waals surface area (Å²) < 4.78 is 14.2. The third kappa shape index (κ3) is 4.18. The molecule has 0 atom stereocenters. The van der Waals surface area contributed by atoms with E-state index in [-0.39, 0.29) is 10.7 Å². The predicted molar refractivity (Wildman–Crippen MR) is 85.9 cm³/mol. The van der Waals surface area contributed by atoms with Gasteiger partial charge in [-0.25, -0.2) is 4.39 Å². The molecule has 2 rings (SSSR count). The minimum Gasteiger partial charge on any atom is -0.365 e. The average Bonchev–Trinajstić information content (AvgIpc) is 2.52. The zero-order chi connectivity index (χ0) is 18.7. The minimum absolute atomic E-state index is 0.167. The molecule has 0 saturated heterocycles. The maximum Gasteiger partial charge on any atom is 0.286 e. The molecule has 0 radical (unpaired) electrons. The summed E-state index contributed by atoms with van der Waals surface area (Å²) in [5.41, 5.74) is 2.54. The Morgan fingerprint density at radius 2 is 2.04 bits per heavy atom. The number of anilines is 1. The van der Waals surface area contributed by atoms with Gasteiger partial charge in [-0.05, 0) is 18.2 Å². The summed E-state index contributed by atoms with van der Waals surface area (Å²) in [6.07, 6.45) is 0.780. The van der Waals surface area contributed by atoms with E-state index in [1.54, 1.807) is 0 Å². The second-order valence-corrected chi connectivity index (χ2v) is 5.28. The molecule has 2 amide bonds. The summed E-state index contributed by atoms with van der Waals surface area (Å²) in [4.78, 5) is 45.3. The molecule has 9 nitrogen and oxygen atoms in total. The topological polar surface area (TPSA) is 137 Å². The molecule has 1 aromatic carbocycles. The minimum atomic E-state index is -1.18. The standard InChI is InChI=1S/C14H10ClFN4O5/c15-7-1-2-10(16)11(3-7)18-12(21)6-19-5-8(20(24)25)4-9(13(17)22)14(19)23/h1-5H,6H2,(H2,17,22)(H,18,21). The first kappa shape index (κ1) is 18.1. The Hall–Kier alpha value is -3.27. The van der Waals surface area contributed by atoms with Crippen LogP contribution in [0.2, 0.25) is 5.02 Å². The van der Waals surface area contributed by atoms with Gasteiger partial charge < -0.3 is 11.1 Å². The SMILES string of the molecule is NC(=O)c1cc([N+](=O)[O-])cn(CC(=O)Nc2cc(Cl)ccc2F)c1=O. The van der Waals surface area contributed by atoms with E-state index < -0.39 is 45.9 Å². The van der Waals surface area contributed by atoms with E-state index in [1.165, 1.54) is 6.07 Å². The van der Waals surface area contributed by atoms with Gasteiger partial charge in [-0.3, -0.25) is 29.1 Å². The van der Waals surface area contributed by atoms with Crippen LogP contribution < -0.4 is 16.6 Å². The molecule has 0 spiro atoms. The maximum atomic E-state index is 13.6. The van der Waals surface area contributed by atoms with Gasteiger partial charge in [0, 0.05) is 11.1 Å². The Labute approximate surface area is 144 Å². The molecule has 3 N–H and O–H groups in total. The van der Waals surface area contributed by atoms with Crippen molar-refractivity contribution in [3.05, 3.63) is 67.3 Å². The van der Waals surface area contributed by atoms with Crippen molar-refractivity contribution in [3.63, 3.8) is 0 Å². The lowest BCUT2D eigenvalue weighted by Crippen LogP contribution is -2.33. The molecule has 25 heavy (non-hydrogen) atoms. The van der Waals surface area contributed by atoms with Crippen molar-refractivity contribution in [1.29, 1.82) is 0 Å². The molecule has 130 valence electrons. The Morgan fingerprint density at radius 1 is 1.36 bits per heavy atom. The number of benzene rings is 1. The number of nitrogens with two attached hydrogens (primary N) is 1. The molecule has 1 heterocycles. The van der Waals surface area contributed by atoms with Crippen LogP contribution in [0.5, 0.6) is 0 Å². The first-order valence-corrected chi connectivity index (χ1v) is 7.00. The molecule has 0 aliphatic rings. The molecule has 11 heteroatoms. The largest absolute Gasteiger partial charge is 0.365 e. The van der Waals surface area contributed by atoms with Gasteiger partial charge in [-0.2, -0.15) is 0 Å². The molecule has 0 unspecified atom stereocenters. The number of halogens is 2. The second kappa shape index (κ2) is 7.09. The number of primary amides is 1. The van der Waals surface area contributed by atoms with E-state index in [4.69, 9.17) is 17.3 Å². The van der Waals surface area contributed by atoms with Crippen molar-refractivity contribution >= 4 is 34.8 Å². The fraction of sp³-hybridized carbons (Fsp3) is 0.0714. The van der Waals surface area contributed by atoms with Crippen LogP contribution in [-0.4, -0.2) is 21.3 Å². The van der Waals surface area contributed by atoms with Crippen molar-refractivity contribution < 1.29 is 18.9 Å². The summed E-state index contributed by atoms with van der Waals surface area (Å²) in [5, 5.41) is 13.2. The summed E-state index contributed by atoms with van der Waals surface area (Å²) >= 11 is 5.70. The Bertz CT molecular complexity index is 943. The number of nitrogens with zero attached hydrogens (tertiary/aromatic N) is 2. The maximum absolute atomic E-state index is 13.6. The zero-order valence-corrected chi connectivity index (χ0v) is 13.1. The fourth-order valence-electron chi connectivity index (χ4n) is 1.95. The number of aromatic nitrogens is 1. The number of rotatable bonds is 5. The summed E-state index contributed by atoms with van der Waals surface area (Å²) in [6, 6.07) is 4.18. The van der Waals surface area contributed by atoms with Gasteiger partial charge in [0.1, 0.15) is 17.9 Å². The van der Waals surface area contributed by atoms with Gasteiger partial charge in [0.25, 0.3) is 17.2 Å². The normalized spacial score (nSPS) is 10.3. The van der Waals surface area contributed by atoms with E-state index in [1.807, 2.05) is 0 Å². The fourth-order valence-corrected chi connectivity index (χ4v) is 2.12. The van der Waals surface area contributed by atoms with E-state index in [9.17, 15) is 28.9 Å². The first-order chi connectivity index (χ1) is 11.7. The van der Waals surface area contributed by atoms with Crippen LogP contribution in [0.1, 0.15) is 10.4 Å². The van der Waals surface area contributed by atoms with Gasteiger partial charge in [0.2, 0.25) is 5.91 Å². The number of pyridine rings is 1. The van der Waals surface area contributed by atoms with Gasteiger partial charge in [0.15, 0.2) is 0 Å². The molecule has 0 saturated carbocycles. The van der Waals surface area contributed by atoms with E-state index in [0.29, 0.717) is 4.57 Å². The molecule has 0 aliphatic heterocycles. The molecular formula is C14H10ClFN4O5. The Balaban J connectivity index is 2.34. The highest BCUT2D eigenvalue weighted by atomic mass is 35.5. The average molecular weight is 369 g/mol. The van der Waals surface area contributed by atoms with Crippen molar-refractivity contribution in [2.45, 2.75) is 6.54 Å². The number of carbonyl (C=O) groups excluding carboxylic acids is 2. The lowest BCUT2D eigenvalue weighted by atomic mass is 10.2. The van der Waals surface area contributed by atoms with Gasteiger partial charge in [-0.15, -0.1) is 0 Å². The summed E-state index contributed by atoms with van der Waals surface area (Å²) in [6.45, 7) is -0.702. The van der Waals surface area contributed by atoms with Crippen molar-refractivity contribution in [2.75, 3.05) is 5.32 Å². The number of hydrogen-bond acceptors (Lipinski definition) is 5. The number of nitro groups is 1. The highest BCUT2D eigenvalue weighted by Gasteiger charge is 2.19. The van der Waals surface area contributed by atoms with Gasteiger partial charge in [-0.1, -0.05) is 11.6 Å². The van der Waals surface area contributed by atoms with E-state index in [2.05, 4.69) is 5.32 Å². The van der Waals surface area contributed by atoms with E-state index >= 15 is 0 Å². The highest BCUT2D eigenvalue weighted by molar-refractivity contribution is 6.30. The smallest absolute Gasteiger partial charge is 0.286 e. The summed E-state index contributed by atoms with van der Waals surface area (Å²) in [5.74, 6) is -2.80. The first-order valence-electron chi connectivity index (χ1n) is 6.62.